The van der Waals surface area contributed by atoms with Crippen LogP contribution in [0.1, 0.15) is 12.0 Å². The van der Waals surface area contributed by atoms with Crippen molar-refractivity contribution in [2.24, 2.45) is 0 Å². The number of benzene rings is 1. The third-order valence-corrected chi connectivity index (χ3v) is 2.40. The van der Waals surface area contributed by atoms with E-state index >= 15 is 0 Å². The van der Waals surface area contributed by atoms with Crippen LogP contribution >= 0.6 is 11.6 Å². The van der Waals surface area contributed by atoms with Crippen LogP contribution in [0.2, 0.25) is 5.15 Å². The van der Waals surface area contributed by atoms with Crippen molar-refractivity contribution in [3.05, 3.63) is 53.4 Å². The van der Waals surface area contributed by atoms with Gasteiger partial charge in [-0.3, -0.25) is 0 Å². The summed E-state index contributed by atoms with van der Waals surface area (Å²) in [4.78, 5) is 7.85. The molecule has 0 unspecified atom stereocenters. The molecule has 1 heterocycles. The van der Waals surface area contributed by atoms with Crippen LogP contribution in [0.3, 0.4) is 0 Å². The highest BCUT2D eigenvalue weighted by Crippen LogP contribution is 2.07. The maximum absolute atomic E-state index is 5.75. The molecule has 0 aliphatic heterocycles. The van der Waals surface area contributed by atoms with Gasteiger partial charge in [0.15, 0.2) is 0 Å². The van der Waals surface area contributed by atoms with Gasteiger partial charge < -0.3 is 5.32 Å². The molecule has 0 atom stereocenters. The summed E-state index contributed by atoms with van der Waals surface area (Å²) in [6.45, 7) is 0.729. The van der Waals surface area contributed by atoms with Gasteiger partial charge in [0, 0.05) is 24.6 Å². The van der Waals surface area contributed by atoms with E-state index in [4.69, 9.17) is 11.6 Å². The van der Waals surface area contributed by atoms with Gasteiger partial charge in [-0.1, -0.05) is 41.6 Å². The van der Waals surface area contributed by atoms with Crippen LogP contribution in [0.25, 0.3) is 0 Å². The van der Waals surface area contributed by atoms with Crippen molar-refractivity contribution in [3.63, 3.8) is 0 Å². The summed E-state index contributed by atoms with van der Waals surface area (Å²) in [6.07, 6.45) is 2.18. The van der Waals surface area contributed by atoms with E-state index in [0.29, 0.717) is 5.15 Å². The normalized spacial score (nSPS) is 9.39. The highest BCUT2D eigenvalue weighted by atomic mass is 35.5. The number of rotatable bonds is 3. The molecule has 2 aromatic rings. The molecule has 0 saturated heterocycles. The molecule has 0 radical (unpaired) electrons. The minimum atomic E-state index is 0.433. The van der Waals surface area contributed by atoms with E-state index in [9.17, 15) is 0 Å². The smallest absolute Gasteiger partial charge is 0.134 e. The van der Waals surface area contributed by atoms with Crippen molar-refractivity contribution < 1.29 is 0 Å². The number of aromatic nitrogens is 2. The van der Waals surface area contributed by atoms with E-state index in [0.717, 1.165) is 24.3 Å². The molecule has 90 valence electrons. The minimum Gasteiger partial charge on any atom is -0.369 e. The zero-order valence-corrected chi connectivity index (χ0v) is 10.5. The topological polar surface area (TPSA) is 37.8 Å². The van der Waals surface area contributed by atoms with Crippen LogP contribution in [0.4, 0.5) is 5.82 Å². The third-order valence-electron chi connectivity index (χ3n) is 2.20. The highest BCUT2D eigenvalue weighted by Gasteiger charge is 1.93. The van der Waals surface area contributed by atoms with E-state index in [-0.39, 0.29) is 0 Å². The molecule has 1 aromatic carbocycles. The van der Waals surface area contributed by atoms with Crippen LogP contribution in [-0.2, 0) is 0 Å². The lowest BCUT2D eigenvalue weighted by Gasteiger charge is -2.01. The highest BCUT2D eigenvalue weighted by molar-refractivity contribution is 6.29. The van der Waals surface area contributed by atoms with E-state index in [1.807, 2.05) is 30.3 Å². The Morgan fingerprint density at radius 1 is 1.17 bits per heavy atom. The SMILES string of the molecule is Clc1cc(NCCC#Cc2ccccc2)ncn1. The molecule has 0 bridgehead atoms. The summed E-state index contributed by atoms with van der Waals surface area (Å²) in [5.74, 6) is 6.91. The molecule has 18 heavy (non-hydrogen) atoms. The zero-order chi connectivity index (χ0) is 12.6. The average molecular weight is 258 g/mol. The molecule has 0 saturated carbocycles. The van der Waals surface area contributed by atoms with Gasteiger partial charge >= 0.3 is 0 Å². The molecule has 2 rings (SSSR count). The number of halogens is 1. The molecule has 0 fully saturated rings. The summed E-state index contributed by atoms with van der Waals surface area (Å²) in [7, 11) is 0. The molecule has 1 N–H and O–H groups in total. The van der Waals surface area contributed by atoms with Gasteiger partial charge in [-0.05, 0) is 12.1 Å². The molecule has 0 aliphatic carbocycles. The predicted octanol–water partition coefficient (Wildman–Crippen LogP) is 2.98. The fraction of sp³-hybridized carbons (Fsp3) is 0.143. The number of hydrogen-bond donors (Lipinski definition) is 1. The fourth-order valence-corrected chi connectivity index (χ4v) is 1.52. The van der Waals surface area contributed by atoms with Crippen LogP contribution in [0.15, 0.2) is 42.7 Å². The summed E-state index contributed by atoms with van der Waals surface area (Å²) in [6, 6.07) is 11.6. The number of nitrogens with one attached hydrogen (secondary N) is 1. The molecule has 4 heteroatoms. The first-order valence-corrected chi connectivity index (χ1v) is 5.98. The first-order chi connectivity index (χ1) is 8.84. The maximum Gasteiger partial charge on any atom is 0.134 e. The molecule has 0 aliphatic rings. The molecule has 0 spiro atoms. The Bertz CT molecular complexity index is 558. The van der Waals surface area contributed by atoms with Crippen molar-refractivity contribution >= 4 is 17.4 Å². The van der Waals surface area contributed by atoms with Crippen LogP contribution in [-0.4, -0.2) is 16.5 Å². The monoisotopic (exact) mass is 257 g/mol. The van der Waals surface area contributed by atoms with E-state index in [1.165, 1.54) is 6.33 Å². The van der Waals surface area contributed by atoms with Gasteiger partial charge in [0.05, 0.1) is 0 Å². The van der Waals surface area contributed by atoms with Gasteiger partial charge in [-0.25, -0.2) is 9.97 Å². The molecular weight excluding hydrogens is 246 g/mol. The quantitative estimate of drug-likeness (QED) is 0.522. The zero-order valence-electron chi connectivity index (χ0n) is 9.73. The second-order valence-electron chi connectivity index (χ2n) is 3.57. The second-order valence-corrected chi connectivity index (χ2v) is 3.96. The van der Waals surface area contributed by atoms with Crippen LogP contribution in [0.5, 0.6) is 0 Å². The lowest BCUT2D eigenvalue weighted by atomic mass is 10.2. The summed E-state index contributed by atoms with van der Waals surface area (Å²) < 4.78 is 0. The summed E-state index contributed by atoms with van der Waals surface area (Å²) in [5, 5.41) is 3.57. The first-order valence-electron chi connectivity index (χ1n) is 5.60. The molecule has 3 nitrogen and oxygen atoms in total. The Balaban J connectivity index is 1.78. The predicted molar refractivity (Wildman–Crippen MR) is 73.5 cm³/mol. The van der Waals surface area contributed by atoms with Gasteiger partial charge in [0.1, 0.15) is 17.3 Å². The average Bonchev–Trinajstić information content (AvgIpc) is 2.40. The second kappa shape index (κ2) is 6.63. The minimum absolute atomic E-state index is 0.433. The lowest BCUT2D eigenvalue weighted by molar-refractivity contribution is 1.05. The van der Waals surface area contributed by atoms with Crippen LogP contribution in [0, 0.1) is 11.8 Å². The summed E-state index contributed by atoms with van der Waals surface area (Å²) in [5.41, 5.74) is 1.03. The molecule has 0 amide bonds. The Labute approximate surface area is 111 Å². The number of anilines is 1. The van der Waals surface area contributed by atoms with Crippen molar-refractivity contribution in [1.82, 2.24) is 9.97 Å². The lowest BCUT2D eigenvalue weighted by Crippen LogP contribution is -2.02. The van der Waals surface area contributed by atoms with Crippen LogP contribution < -0.4 is 5.32 Å². The Morgan fingerprint density at radius 3 is 2.78 bits per heavy atom. The van der Waals surface area contributed by atoms with Gasteiger partial charge in [0.25, 0.3) is 0 Å². The molecular formula is C14H12ClN3. The Kier molecular flexibility index (Phi) is 4.57. The van der Waals surface area contributed by atoms with E-state index < -0.39 is 0 Å². The summed E-state index contributed by atoms with van der Waals surface area (Å²) >= 11 is 5.75. The number of nitrogens with zero attached hydrogens (tertiary/aromatic N) is 2. The van der Waals surface area contributed by atoms with Gasteiger partial charge in [-0.15, -0.1) is 0 Å². The fourth-order valence-electron chi connectivity index (χ4n) is 1.37. The Hall–Kier alpha value is -2.05. The maximum atomic E-state index is 5.75. The number of hydrogen-bond acceptors (Lipinski definition) is 3. The molecule has 1 aromatic heterocycles. The third kappa shape index (κ3) is 4.08. The van der Waals surface area contributed by atoms with Crippen molar-refractivity contribution in [2.45, 2.75) is 6.42 Å². The standard InChI is InChI=1S/C14H12ClN3/c15-13-10-14(18-11-17-13)16-9-5-4-8-12-6-2-1-3-7-12/h1-3,6-7,10-11H,5,9H2,(H,16,17,18). The van der Waals surface area contributed by atoms with E-state index in [1.54, 1.807) is 6.07 Å². The Morgan fingerprint density at radius 2 is 2.00 bits per heavy atom. The van der Waals surface area contributed by atoms with Crippen molar-refractivity contribution in [3.8, 4) is 11.8 Å². The van der Waals surface area contributed by atoms with Crippen molar-refractivity contribution in [2.75, 3.05) is 11.9 Å². The van der Waals surface area contributed by atoms with Gasteiger partial charge in [-0.2, -0.15) is 0 Å². The first kappa shape index (κ1) is 12.4. The van der Waals surface area contributed by atoms with Gasteiger partial charge in [0.2, 0.25) is 0 Å². The van der Waals surface area contributed by atoms with Crippen molar-refractivity contribution in [1.29, 1.82) is 0 Å². The largest absolute Gasteiger partial charge is 0.369 e. The van der Waals surface area contributed by atoms with E-state index in [2.05, 4.69) is 27.1 Å².